The smallest absolute Gasteiger partial charge is 0.0803 e. The standard InChI is InChI=1S/C14H24BrNOS/c1-5-8-16-13(14(3,6-2)17-4)10-12-11(15)7-9-18-12/h7,9,13,16H,5-6,8,10H2,1-4H3. The van der Waals surface area contributed by atoms with Gasteiger partial charge in [-0.2, -0.15) is 0 Å². The molecule has 0 amide bonds. The Morgan fingerprint density at radius 2 is 2.22 bits per heavy atom. The Labute approximate surface area is 123 Å². The summed E-state index contributed by atoms with van der Waals surface area (Å²) in [5, 5.41) is 5.77. The maximum absolute atomic E-state index is 5.76. The minimum Gasteiger partial charge on any atom is -0.377 e. The van der Waals surface area contributed by atoms with E-state index >= 15 is 0 Å². The number of methoxy groups -OCH3 is 1. The number of ether oxygens (including phenoxy) is 1. The zero-order valence-corrected chi connectivity index (χ0v) is 14.2. The molecule has 18 heavy (non-hydrogen) atoms. The van der Waals surface area contributed by atoms with Crippen LogP contribution in [0.5, 0.6) is 0 Å². The second kappa shape index (κ2) is 7.63. The largest absolute Gasteiger partial charge is 0.377 e. The van der Waals surface area contributed by atoms with Gasteiger partial charge in [-0.25, -0.2) is 0 Å². The second-order valence-corrected chi connectivity index (χ2v) is 6.63. The first-order chi connectivity index (χ1) is 8.57. The minimum absolute atomic E-state index is 0.113. The molecule has 1 N–H and O–H groups in total. The molecule has 0 spiro atoms. The molecule has 0 aliphatic heterocycles. The van der Waals surface area contributed by atoms with Crippen LogP contribution >= 0.6 is 27.3 Å². The first-order valence-corrected chi connectivity index (χ1v) is 8.25. The summed E-state index contributed by atoms with van der Waals surface area (Å²) in [7, 11) is 1.81. The molecule has 0 radical (unpaired) electrons. The molecular weight excluding hydrogens is 310 g/mol. The van der Waals surface area contributed by atoms with Gasteiger partial charge in [0.1, 0.15) is 0 Å². The van der Waals surface area contributed by atoms with E-state index in [2.05, 4.69) is 53.5 Å². The van der Waals surface area contributed by atoms with E-state index in [-0.39, 0.29) is 5.60 Å². The van der Waals surface area contributed by atoms with Crippen LogP contribution in [0.25, 0.3) is 0 Å². The molecule has 1 aromatic rings. The highest BCUT2D eigenvalue weighted by Gasteiger charge is 2.32. The molecule has 2 atom stereocenters. The minimum atomic E-state index is -0.113. The molecular formula is C14H24BrNOS. The Hall–Kier alpha value is 0.1000. The third-order valence-corrected chi connectivity index (χ3v) is 5.58. The lowest BCUT2D eigenvalue weighted by Crippen LogP contribution is -2.51. The fourth-order valence-corrected chi connectivity index (χ4v) is 3.57. The summed E-state index contributed by atoms with van der Waals surface area (Å²) in [6, 6.07) is 2.47. The van der Waals surface area contributed by atoms with Crippen LogP contribution < -0.4 is 5.32 Å². The SMILES string of the molecule is CCCNC(Cc1sccc1Br)C(C)(CC)OC. The number of thiophene rings is 1. The summed E-state index contributed by atoms with van der Waals surface area (Å²) in [6.45, 7) is 7.61. The van der Waals surface area contributed by atoms with Crippen molar-refractivity contribution in [3.63, 3.8) is 0 Å². The highest BCUT2D eigenvalue weighted by molar-refractivity contribution is 9.10. The van der Waals surface area contributed by atoms with Crippen molar-refractivity contribution in [3.05, 3.63) is 20.8 Å². The third-order valence-electron chi connectivity index (χ3n) is 3.63. The van der Waals surface area contributed by atoms with Gasteiger partial charge in [-0.1, -0.05) is 13.8 Å². The molecule has 104 valence electrons. The van der Waals surface area contributed by atoms with Crippen molar-refractivity contribution >= 4 is 27.3 Å². The molecule has 0 aliphatic carbocycles. The van der Waals surface area contributed by atoms with Crippen molar-refractivity contribution in [2.75, 3.05) is 13.7 Å². The lowest BCUT2D eigenvalue weighted by Gasteiger charge is -2.36. The lowest BCUT2D eigenvalue weighted by atomic mass is 9.90. The van der Waals surface area contributed by atoms with E-state index in [9.17, 15) is 0 Å². The van der Waals surface area contributed by atoms with Crippen LogP contribution in [0.3, 0.4) is 0 Å². The monoisotopic (exact) mass is 333 g/mol. The van der Waals surface area contributed by atoms with Crippen LogP contribution in [-0.2, 0) is 11.2 Å². The molecule has 1 heterocycles. The van der Waals surface area contributed by atoms with Crippen molar-refractivity contribution in [3.8, 4) is 0 Å². The highest BCUT2D eigenvalue weighted by Crippen LogP contribution is 2.28. The summed E-state index contributed by atoms with van der Waals surface area (Å²) < 4.78 is 6.97. The molecule has 0 saturated heterocycles. The number of hydrogen-bond acceptors (Lipinski definition) is 3. The van der Waals surface area contributed by atoms with Gasteiger partial charge in [-0.15, -0.1) is 11.3 Å². The number of rotatable bonds is 8. The normalized spacial score (nSPS) is 16.5. The zero-order chi connectivity index (χ0) is 13.6. The van der Waals surface area contributed by atoms with E-state index in [1.807, 2.05) is 7.11 Å². The first-order valence-electron chi connectivity index (χ1n) is 6.57. The summed E-state index contributed by atoms with van der Waals surface area (Å²) in [6.07, 6.45) is 3.16. The molecule has 4 heteroatoms. The molecule has 0 saturated carbocycles. The summed E-state index contributed by atoms with van der Waals surface area (Å²) in [4.78, 5) is 1.39. The van der Waals surface area contributed by atoms with Gasteiger partial charge in [0.2, 0.25) is 0 Å². The van der Waals surface area contributed by atoms with Crippen molar-refractivity contribution in [1.29, 1.82) is 0 Å². The van der Waals surface area contributed by atoms with Crippen LogP contribution in [0.1, 0.15) is 38.5 Å². The molecule has 0 aliphatic rings. The third kappa shape index (κ3) is 4.05. The van der Waals surface area contributed by atoms with Gasteiger partial charge >= 0.3 is 0 Å². The van der Waals surface area contributed by atoms with Gasteiger partial charge in [0.15, 0.2) is 0 Å². The van der Waals surface area contributed by atoms with E-state index < -0.39 is 0 Å². The quantitative estimate of drug-likeness (QED) is 0.768. The Bertz CT molecular complexity index is 349. The molecule has 1 rings (SSSR count). The molecule has 1 aromatic heterocycles. The second-order valence-electron chi connectivity index (χ2n) is 4.77. The maximum atomic E-state index is 5.76. The summed E-state index contributed by atoms with van der Waals surface area (Å²) in [5.74, 6) is 0. The van der Waals surface area contributed by atoms with Gasteiger partial charge in [-0.3, -0.25) is 0 Å². The fourth-order valence-electron chi connectivity index (χ4n) is 2.01. The van der Waals surface area contributed by atoms with E-state index in [1.165, 1.54) is 9.35 Å². The first kappa shape index (κ1) is 16.2. The van der Waals surface area contributed by atoms with Crippen molar-refractivity contribution in [2.24, 2.45) is 0 Å². The van der Waals surface area contributed by atoms with Crippen molar-refractivity contribution in [2.45, 2.75) is 51.7 Å². The number of nitrogens with one attached hydrogen (secondary N) is 1. The number of halogens is 1. The molecule has 0 aromatic carbocycles. The average Bonchev–Trinajstić information content (AvgIpc) is 2.79. The average molecular weight is 334 g/mol. The Kier molecular flexibility index (Phi) is 6.85. The van der Waals surface area contributed by atoms with Gasteiger partial charge < -0.3 is 10.1 Å². The maximum Gasteiger partial charge on any atom is 0.0803 e. The Morgan fingerprint density at radius 1 is 1.50 bits per heavy atom. The predicted octanol–water partition coefficient (Wildman–Crippen LogP) is 4.24. The van der Waals surface area contributed by atoms with Crippen LogP contribution in [0.2, 0.25) is 0 Å². The topological polar surface area (TPSA) is 21.3 Å². The molecule has 2 unspecified atom stereocenters. The highest BCUT2D eigenvalue weighted by atomic mass is 79.9. The molecule has 0 bridgehead atoms. The Morgan fingerprint density at radius 3 is 2.67 bits per heavy atom. The molecule has 0 fully saturated rings. The lowest BCUT2D eigenvalue weighted by molar-refractivity contribution is -0.0285. The van der Waals surface area contributed by atoms with Gasteiger partial charge in [-0.05, 0) is 53.7 Å². The zero-order valence-electron chi connectivity index (χ0n) is 11.8. The van der Waals surface area contributed by atoms with Crippen LogP contribution in [0.15, 0.2) is 15.9 Å². The van der Waals surface area contributed by atoms with Gasteiger partial charge in [0.25, 0.3) is 0 Å². The predicted molar refractivity (Wildman–Crippen MR) is 83.5 cm³/mol. The Balaban J connectivity index is 2.81. The van der Waals surface area contributed by atoms with Crippen LogP contribution in [0, 0.1) is 0 Å². The van der Waals surface area contributed by atoms with Gasteiger partial charge in [0, 0.05) is 28.9 Å². The van der Waals surface area contributed by atoms with E-state index in [0.717, 1.165) is 25.8 Å². The van der Waals surface area contributed by atoms with Crippen molar-refractivity contribution in [1.82, 2.24) is 5.32 Å². The van der Waals surface area contributed by atoms with Crippen molar-refractivity contribution < 1.29 is 4.74 Å². The molecule has 2 nitrogen and oxygen atoms in total. The van der Waals surface area contributed by atoms with E-state index in [0.29, 0.717) is 6.04 Å². The van der Waals surface area contributed by atoms with Crippen LogP contribution in [-0.4, -0.2) is 25.3 Å². The van der Waals surface area contributed by atoms with E-state index in [1.54, 1.807) is 11.3 Å². The van der Waals surface area contributed by atoms with E-state index in [4.69, 9.17) is 4.74 Å². The van der Waals surface area contributed by atoms with Gasteiger partial charge in [0.05, 0.1) is 5.60 Å². The summed E-state index contributed by atoms with van der Waals surface area (Å²) in [5.41, 5.74) is -0.113. The fraction of sp³-hybridized carbons (Fsp3) is 0.714. The summed E-state index contributed by atoms with van der Waals surface area (Å²) >= 11 is 5.42. The van der Waals surface area contributed by atoms with Crippen LogP contribution in [0.4, 0.5) is 0 Å². The number of hydrogen-bond donors (Lipinski definition) is 1.